The molecule has 5 amide bonds. The summed E-state index contributed by atoms with van der Waals surface area (Å²) in [4.78, 5) is 86.0. The summed E-state index contributed by atoms with van der Waals surface area (Å²) in [6, 6.07) is 9.75. The Morgan fingerprint density at radius 3 is 2.63 bits per heavy atom. The second-order valence-electron chi connectivity index (χ2n) is 21.4. The standard InChI is InChI=1S/C56H56F2N10O8/c1-3-37-41(57)12-9-32-20-36(69)21-39(45(32)37)48-47(58)49-40(23-60-48)50(66-26-33-10-11-34(27-66)61-33)64-54(63-49)76-29-56-17-15-35(67(56)24-30(2)22-56)28-75-55(74)65-19-16-31(25-65)6-5-18-59-42-8-4-7-38-46(42)53(73)68(52(38)72)43-13-14-44(70)62-51(43)71/h1,4,7-9,12,20-21,23,31,33-35,43,59,61,69H,2,5-6,10-11,13-19,22,24-29H2,(H,62,70,71)/t31?,33?,34?,35-,43?,56-/m0/s1. The summed E-state index contributed by atoms with van der Waals surface area (Å²) in [5, 5.41) is 20.9. The highest BCUT2D eigenvalue weighted by Gasteiger charge is 2.52. The molecule has 2 bridgehead atoms. The SMILES string of the molecule is C#Cc1c(F)ccc2cc(O)cc(-c3ncc4c(N5CC6CCC(C5)N6)nc(OC[C@@]56CC[C@@H](COC(=O)N7CCC(CCCNc8cccc9c8C(=O)N(C8CCC(=O)NC8=O)C9=O)C7)N5CC(=C)C6)nc4c3F)c12. The third-order valence-electron chi connectivity index (χ3n) is 16.6. The Hall–Kier alpha value is -7.76. The summed E-state index contributed by atoms with van der Waals surface area (Å²) in [6.07, 6.45) is 13.5. The van der Waals surface area contributed by atoms with Gasteiger partial charge in [-0.25, -0.2) is 13.6 Å². The van der Waals surface area contributed by atoms with E-state index < -0.39 is 46.8 Å². The van der Waals surface area contributed by atoms with Crippen molar-refractivity contribution in [2.45, 2.75) is 93.9 Å². The van der Waals surface area contributed by atoms with Crippen LogP contribution in [0.15, 0.2) is 60.8 Å². The number of phenolic OH excluding ortho intramolecular Hbond substituents is 1. The lowest BCUT2D eigenvalue weighted by Gasteiger charge is -2.35. The van der Waals surface area contributed by atoms with Crippen LogP contribution in [0.2, 0.25) is 0 Å². The largest absolute Gasteiger partial charge is 0.508 e. The number of aromatic hydroxyl groups is 1. The van der Waals surface area contributed by atoms with Crippen molar-refractivity contribution in [1.29, 1.82) is 0 Å². The minimum Gasteiger partial charge on any atom is -0.508 e. The molecule has 0 spiro atoms. The zero-order valence-electron chi connectivity index (χ0n) is 41.7. The summed E-state index contributed by atoms with van der Waals surface area (Å²) in [6.45, 7) is 8.19. The van der Waals surface area contributed by atoms with Crippen LogP contribution in [0, 0.1) is 29.9 Å². The number of nitrogens with one attached hydrogen (secondary N) is 3. The maximum atomic E-state index is 17.3. The quantitative estimate of drug-likeness (QED) is 0.0458. The number of carbonyl (C=O) groups is 5. The molecule has 7 aliphatic rings. The number of likely N-dealkylation sites (tertiary alicyclic amines) is 1. The van der Waals surface area contributed by atoms with Gasteiger partial charge in [0.25, 0.3) is 11.8 Å². The number of rotatable bonds is 13. The molecule has 392 valence electrons. The van der Waals surface area contributed by atoms with Crippen molar-refractivity contribution in [2.75, 3.05) is 62.7 Å². The molecular weight excluding hydrogens is 979 g/mol. The van der Waals surface area contributed by atoms with Crippen LogP contribution in [-0.2, 0) is 14.3 Å². The molecule has 12 rings (SSSR count). The van der Waals surface area contributed by atoms with Gasteiger partial charge in [-0.1, -0.05) is 30.2 Å². The van der Waals surface area contributed by atoms with Crippen LogP contribution >= 0.6 is 0 Å². The summed E-state index contributed by atoms with van der Waals surface area (Å²) in [7, 11) is 0. The number of terminal acetylenes is 1. The van der Waals surface area contributed by atoms with Gasteiger partial charge in [0.15, 0.2) is 5.82 Å². The first-order valence-electron chi connectivity index (χ1n) is 26.1. The number of carbonyl (C=O) groups excluding carboxylic acids is 5. The van der Waals surface area contributed by atoms with Crippen LogP contribution in [0.1, 0.15) is 90.5 Å². The Morgan fingerprint density at radius 1 is 1.00 bits per heavy atom. The van der Waals surface area contributed by atoms with Crippen LogP contribution in [0.4, 0.5) is 25.1 Å². The number of anilines is 2. The molecular formula is C56H56F2N10O8. The van der Waals surface area contributed by atoms with Gasteiger partial charge in [0.05, 0.1) is 27.6 Å². The van der Waals surface area contributed by atoms with Crippen LogP contribution < -0.4 is 25.6 Å². The van der Waals surface area contributed by atoms with Gasteiger partial charge in [-0.3, -0.25) is 39.3 Å². The van der Waals surface area contributed by atoms with E-state index in [1.807, 2.05) is 0 Å². The number of fused-ring (bicyclic) bond motifs is 6. The fourth-order valence-corrected chi connectivity index (χ4v) is 13.0. The molecule has 7 aliphatic heterocycles. The number of pyridine rings is 1. The minimum absolute atomic E-state index is 0.0184. The molecule has 6 atom stereocenters. The average molecular weight is 1040 g/mol. The highest BCUT2D eigenvalue weighted by atomic mass is 19.1. The number of imide groups is 2. The van der Waals surface area contributed by atoms with E-state index in [-0.39, 0.29) is 107 Å². The Labute approximate surface area is 436 Å². The van der Waals surface area contributed by atoms with Gasteiger partial charge in [0, 0.05) is 86.6 Å². The van der Waals surface area contributed by atoms with Crippen molar-refractivity contribution in [1.82, 2.24) is 40.3 Å². The number of piperazine rings is 1. The van der Waals surface area contributed by atoms with Crippen molar-refractivity contribution in [3.63, 3.8) is 0 Å². The van der Waals surface area contributed by atoms with E-state index in [4.69, 9.17) is 25.9 Å². The van der Waals surface area contributed by atoms with E-state index in [0.29, 0.717) is 68.0 Å². The number of ether oxygens (including phenoxy) is 2. The number of halogens is 2. The summed E-state index contributed by atoms with van der Waals surface area (Å²) in [5.41, 5.74) is 1.29. The lowest BCUT2D eigenvalue weighted by atomic mass is 9.94. The number of amides is 5. The first-order valence-corrected chi connectivity index (χ1v) is 26.1. The predicted octanol–water partition coefficient (Wildman–Crippen LogP) is 6.04. The zero-order valence-corrected chi connectivity index (χ0v) is 41.7. The summed E-state index contributed by atoms with van der Waals surface area (Å²) < 4.78 is 45.0. The number of phenols is 1. The van der Waals surface area contributed by atoms with E-state index in [1.165, 1.54) is 30.5 Å². The first kappa shape index (κ1) is 49.1. The predicted molar refractivity (Wildman–Crippen MR) is 276 cm³/mol. The third kappa shape index (κ3) is 8.68. The van der Waals surface area contributed by atoms with Gasteiger partial charge in [0.2, 0.25) is 11.8 Å². The molecule has 0 radical (unpaired) electrons. The molecule has 2 aromatic heterocycles. The highest BCUT2D eigenvalue weighted by molar-refractivity contribution is 6.25. The highest BCUT2D eigenvalue weighted by Crippen LogP contribution is 2.45. The second kappa shape index (κ2) is 19.4. The summed E-state index contributed by atoms with van der Waals surface area (Å²) >= 11 is 0. The monoisotopic (exact) mass is 1030 g/mol. The van der Waals surface area contributed by atoms with Crippen LogP contribution in [0.3, 0.4) is 0 Å². The fraction of sp³-hybridized carbons (Fsp3) is 0.429. The van der Waals surface area contributed by atoms with Crippen molar-refractivity contribution in [2.24, 2.45) is 5.92 Å². The molecule has 6 fully saturated rings. The zero-order chi connectivity index (χ0) is 52.6. The van der Waals surface area contributed by atoms with Gasteiger partial charge in [-0.15, -0.1) is 6.42 Å². The smallest absolute Gasteiger partial charge is 0.409 e. The molecule has 20 heteroatoms. The van der Waals surface area contributed by atoms with E-state index in [9.17, 15) is 29.1 Å². The second-order valence-corrected chi connectivity index (χ2v) is 21.4. The van der Waals surface area contributed by atoms with Crippen LogP contribution in [0.5, 0.6) is 11.8 Å². The van der Waals surface area contributed by atoms with Gasteiger partial charge in [-0.05, 0) is 99.4 Å². The van der Waals surface area contributed by atoms with Gasteiger partial charge in [0.1, 0.15) is 47.9 Å². The summed E-state index contributed by atoms with van der Waals surface area (Å²) in [5.74, 6) is -0.713. The third-order valence-corrected chi connectivity index (χ3v) is 16.6. The molecule has 4 N–H and O–H groups in total. The topological polar surface area (TPSA) is 212 Å². The Morgan fingerprint density at radius 2 is 1.83 bits per heavy atom. The lowest BCUT2D eigenvalue weighted by Crippen LogP contribution is -2.54. The molecule has 5 aromatic rings. The molecule has 0 saturated carbocycles. The number of aromatic nitrogens is 3. The molecule has 4 unspecified atom stereocenters. The Kier molecular flexibility index (Phi) is 12.6. The van der Waals surface area contributed by atoms with E-state index in [2.05, 4.69) is 43.2 Å². The van der Waals surface area contributed by atoms with E-state index in [0.717, 1.165) is 55.4 Å². The number of hydrogen-bond donors (Lipinski definition) is 4. The van der Waals surface area contributed by atoms with E-state index >= 15 is 8.78 Å². The van der Waals surface area contributed by atoms with Gasteiger partial charge >= 0.3 is 12.1 Å². The molecule has 0 aliphatic carbocycles. The Bertz CT molecular complexity index is 3340. The van der Waals surface area contributed by atoms with Crippen molar-refractivity contribution in [3.05, 3.63) is 89.1 Å². The molecule has 3 aromatic carbocycles. The average Bonchev–Trinajstić information content (AvgIpc) is 4.26. The van der Waals surface area contributed by atoms with Crippen LogP contribution in [0.25, 0.3) is 32.9 Å². The Balaban J connectivity index is 0.693. The minimum atomic E-state index is -1.04. The van der Waals surface area contributed by atoms with Gasteiger partial charge < -0.3 is 35.0 Å². The van der Waals surface area contributed by atoms with Crippen LogP contribution in [-0.4, -0.2) is 147 Å². The normalized spacial score (nSPS) is 25.1. The number of benzene rings is 3. The molecule has 18 nitrogen and oxygen atoms in total. The fourth-order valence-electron chi connectivity index (χ4n) is 13.0. The maximum absolute atomic E-state index is 17.3. The molecule has 6 saturated heterocycles. The molecule has 9 heterocycles. The van der Waals surface area contributed by atoms with Gasteiger partial charge in [-0.2, -0.15) is 9.97 Å². The number of hydrogen-bond acceptors (Lipinski definition) is 15. The van der Waals surface area contributed by atoms with Crippen molar-refractivity contribution >= 4 is 62.9 Å². The van der Waals surface area contributed by atoms with Crippen molar-refractivity contribution in [3.8, 4) is 35.4 Å². The van der Waals surface area contributed by atoms with Crippen molar-refractivity contribution < 1.29 is 47.3 Å². The van der Waals surface area contributed by atoms with E-state index in [1.54, 1.807) is 23.1 Å². The number of nitrogens with zero attached hydrogens (tertiary/aromatic N) is 7. The number of piperidine rings is 1. The first-order chi connectivity index (χ1) is 36.7. The lowest BCUT2D eigenvalue weighted by molar-refractivity contribution is -0.136. The maximum Gasteiger partial charge on any atom is 0.409 e. The molecule has 76 heavy (non-hydrogen) atoms.